The number of hydrogen-bond acceptors (Lipinski definition) is 6. The van der Waals surface area contributed by atoms with Crippen LogP contribution in [0.15, 0.2) is 30.6 Å². The minimum atomic E-state index is -0.434. The van der Waals surface area contributed by atoms with Gasteiger partial charge in [0.1, 0.15) is 23.8 Å². The van der Waals surface area contributed by atoms with Crippen LogP contribution in [0.2, 0.25) is 5.02 Å². The number of nitrogens with one attached hydrogen (secondary N) is 2. The van der Waals surface area contributed by atoms with Gasteiger partial charge in [-0.1, -0.05) is 11.6 Å². The molecule has 0 spiro atoms. The fraction of sp³-hybridized carbons (Fsp3) is 0.583. The third-order valence-electron chi connectivity index (χ3n) is 6.86. The molecule has 0 atom stereocenters. The highest BCUT2D eigenvalue weighted by molar-refractivity contribution is 6.31. The number of likely N-dealkylation sites (tertiary alicyclic amines) is 1. The van der Waals surface area contributed by atoms with Crippen LogP contribution in [0.3, 0.4) is 0 Å². The molecule has 32 heavy (non-hydrogen) atoms. The van der Waals surface area contributed by atoms with Crippen molar-refractivity contribution in [2.45, 2.75) is 50.6 Å². The van der Waals surface area contributed by atoms with Crippen molar-refractivity contribution in [1.82, 2.24) is 19.8 Å². The quantitative estimate of drug-likeness (QED) is 0.605. The Labute approximate surface area is 195 Å². The normalized spacial score (nSPS) is 22.8. The molecule has 2 N–H and O–H groups in total. The second-order valence-corrected chi connectivity index (χ2v) is 9.81. The highest BCUT2D eigenvalue weighted by Gasteiger charge is 2.26. The van der Waals surface area contributed by atoms with E-state index in [4.69, 9.17) is 11.6 Å². The van der Waals surface area contributed by atoms with Gasteiger partial charge in [-0.3, -0.25) is 0 Å². The molecule has 1 aromatic carbocycles. The Morgan fingerprint density at radius 2 is 1.75 bits per heavy atom. The largest absolute Gasteiger partial charge is 0.367 e. The average Bonchev–Trinajstić information content (AvgIpc) is 2.78. The maximum atomic E-state index is 13.4. The van der Waals surface area contributed by atoms with Gasteiger partial charge in [-0.05, 0) is 89.8 Å². The second-order valence-electron chi connectivity index (χ2n) is 9.40. The Bertz CT molecular complexity index is 879. The number of aromatic nitrogens is 2. The van der Waals surface area contributed by atoms with Gasteiger partial charge in [-0.15, -0.1) is 0 Å². The van der Waals surface area contributed by atoms with E-state index in [2.05, 4.69) is 44.5 Å². The Morgan fingerprint density at radius 3 is 2.44 bits per heavy atom. The number of benzene rings is 1. The summed E-state index contributed by atoms with van der Waals surface area (Å²) in [5.74, 6) is 1.83. The Morgan fingerprint density at radius 1 is 1.03 bits per heavy atom. The highest BCUT2D eigenvalue weighted by Crippen LogP contribution is 2.29. The fourth-order valence-corrected chi connectivity index (χ4v) is 5.09. The molecule has 174 valence electrons. The molecular weight excluding hydrogens is 427 g/mol. The van der Waals surface area contributed by atoms with Gasteiger partial charge in [-0.2, -0.15) is 0 Å². The van der Waals surface area contributed by atoms with Gasteiger partial charge >= 0.3 is 0 Å². The molecule has 1 saturated carbocycles. The molecule has 2 aromatic rings. The lowest BCUT2D eigenvalue weighted by Crippen LogP contribution is -2.44. The van der Waals surface area contributed by atoms with Crippen LogP contribution in [-0.2, 0) is 0 Å². The molecule has 1 aliphatic carbocycles. The van der Waals surface area contributed by atoms with Gasteiger partial charge in [0.15, 0.2) is 0 Å². The predicted octanol–water partition coefficient (Wildman–Crippen LogP) is 5.01. The first-order valence-corrected chi connectivity index (χ1v) is 12.0. The first-order valence-electron chi connectivity index (χ1n) is 11.7. The number of halogens is 2. The molecule has 8 heteroatoms. The van der Waals surface area contributed by atoms with E-state index < -0.39 is 5.82 Å². The zero-order chi connectivity index (χ0) is 22.5. The van der Waals surface area contributed by atoms with Crippen LogP contribution >= 0.6 is 11.6 Å². The Hall–Kier alpha value is -1.96. The van der Waals surface area contributed by atoms with Crippen LogP contribution < -0.4 is 10.6 Å². The topological polar surface area (TPSA) is 56.3 Å². The Balaban J connectivity index is 1.23. The predicted molar refractivity (Wildman–Crippen MR) is 129 cm³/mol. The summed E-state index contributed by atoms with van der Waals surface area (Å²) >= 11 is 5.87. The minimum absolute atomic E-state index is 0.0845. The third kappa shape index (κ3) is 6.30. The number of hydrogen-bond donors (Lipinski definition) is 2. The summed E-state index contributed by atoms with van der Waals surface area (Å²) in [6.45, 7) is 3.71. The molecule has 1 saturated heterocycles. The van der Waals surface area contributed by atoms with Gasteiger partial charge < -0.3 is 20.4 Å². The molecule has 0 amide bonds. The number of anilines is 3. The van der Waals surface area contributed by atoms with Crippen LogP contribution in [0, 0.1) is 11.7 Å². The molecule has 1 aromatic heterocycles. The molecule has 2 aliphatic rings. The van der Waals surface area contributed by atoms with Crippen molar-refractivity contribution >= 4 is 28.9 Å². The van der Waals surface area contributed by atoms with E-state index in [1.165, 1.54) is 64.2 Å². The van der Waals surface area contributed by atoms with Crippen LogP contribution in [0.25, 0.3) is 0 Å². The van der Waals surface area contributed by atoms with E-state index in [1.54, 1.807) is 18.5 Å². The molecule has 1 aliphatic heterocycles. The highest BCUT2D eigenvalue weighted by atomic mass is 35.5. The van der Waals surface area contributed by atoms with Crippen molar-refractivity contribution in [2.75, 3.05) is 44.4 Å². The smallest absolute Gasteiger partial charge is 0.141 e. The van der Waals surface area contributed by atoms with E-state index in [0.29, 0.717) is 17.5 Å². The second kappa shape index (κ2) is 10.8. The summed E-state index contributed by atoms with van der Waals surface area (Å²) in [5.41, 5.74) is 0.691. The molecule has 6 nitrogen and oxygen atoms in total. The molecule has 4 rings (SSSR count). The first kappa shape index (κ1) is 23.2. The monoisotopic (exact) mass is 460 g/mol. The van der Waals surface area contributed by atoms with Crippen LogP contribution in [0.1, 0.15) is 38.5 Å². The van der Waals surface area contributed by atoms with E-state index >= 15 is 0 Å². The Kier molecular flexibility index (Phi) is 7.81. The van der Waals surface area contributed by atoms with Crippen LogP contribution in [-0.4, -0.2) is 65.6 Å². The van der Waals surface area contributed by atoms with Crippen molar-refractivity contribution in [3.63, 3.8) is 0 Å². The van der Waals surface area contributed by atoms with E-state index in [-0.39, 0.29) is 5.02 Å². The van der Waals surface area contributed by atoms with E-state index in [9.17, 15) is 4.39 Å². The summed E-state index contributed by atoms with van der Waals surface area (Å²) in [7, 11) is 4.40. The lowest BCUT2D eigenvalue weighted by atomic mass is 9.85. The van der Waals surface area contributed by atoms with Crippen molar-refractivity contribution in [3.8, 4) is 0 Å². The zero-order valence-electron chi connectivity index (χ0n) is 19.0. The van der Waals surface area contributed by atoms with Crippen molar-refractivity contribution < 1.29 is 4.39 Å². The molecule has 2 heterocycles. The standard InChI is InChI=1S/C24H34ClFN6/c1-31(2)20-9-11-32(12-10-20)15-17-3-5-18(6-4-17)29-23-14-24(28-16-27-23)30-19-7-8-22(26)21(25)13-19/h7-8,13-14,16-18,20H,3-6,9-12,15H2,1-2H3,(H2,27,28,29,30). The van der Waals surface area contributed by atoms with Gasteiger partial charge in [0.25, 0.3) is 0 Å². The van der Waals surface area contributed by atoms with Gasteiger partial charge in [0.2, 0.25) is 0 Å². The fourth-order valence-electron chi connectivity index (χ4n) is 4.91. The van der Waals surface area contributed by atoms with Gasteiger partial charge in [0.05, 0.1) is 5.02 Å². The maximum absolute atomic E-state index is 13.4. The minimum Gasteiger partial charge on any atom is -0.367 e. The first-order chi connectivity index (χ1) is 15.5. The number of nitrogens with zero attached hydrogens (tertiary/aromatic N) is 4. The molecule has 0 unspecified atom stereocenters. The van der Waals surface area contributed by atoms with E-state index in [1.807, 2.05) is 6.07 Å². The van der Waals surface area contributed by atoms with Crippen LogP contribution in [0.4, 0.5) is 21.7 Å². The third-order valence-corrected chi connectivity index (χ3v) is 7.15. The average molecular weight is 461 g/mol. The summed E-state index contributed by atoms with van der Waals surface area (Å²) in [6.07, 6.45) is 8.97. The number of piperidine rings is 1. The SMILES string of the molecule is CN(C)C1CCN(CC2CCC(Nc3cc(Nc4ccc(F)c(Cl)c4)ncn3)CC2)CC1. The van der Waals surface area contributed by atoms with Gasteiger partial charge in [-0.25, -0.2) is 14.4 Å². The van der Waals surface area contributed by atoms with Crippen molar-refractivity contribution in [3.05, 3.63) is 41.4 Å². The van der Waals surface area contributed by atoms with Crippen molar-refractivity contribution in [2.24, 2.45) is 5.92 Å². The molecule has 2 fully saturated rings. The summed E-state index contributed by atoms with van der Waals surface area (Å²) in [5, 5.41) is 6.82. The maximum Gasteiger partial charge on any atom is 0.141 e. The molecule has 0 radical (unpaired) electrons. The lowest BCUT2D eigenvalue weighted by Gasteiger charge is -2.38. The summed E-state index contributed by atoms with van der Waals surface area (Å²) in [6, 6.07) is 7.61. The number of rotatable bonds is 7. The van der Waals surface area contributed by atoms with Crippen molar-refractivity contribution in [1.29, 1.82) is 0 Å². The summed E-state index contributed by atoms with van der Waals surface area (Å²) < 4.78 is 13.4. The van der Waals surface area contributed by atoms with Crippen LogP contribution in [0.5, 0.6) is 0 Å². The van der Waals surface area contributed by atoms with E-state index in [0.717, 1.165) is 17.8 Å². The molecular formula is C24H34ClFN6. The summed E-state index contributed by atoms with van der Waals surface area (Å²) in [4.78, 5) is 13.7. The zero-order valence-corrected chi connectivity index (χ0v) is 19.8. The molecule has 0 bridgehead atoms. The lowest BCUT2D eigenvalue weighted by molar-refractivity contribution is 0.120. The van der Waals surface area contributed by atoms with Gasteiger partial charge in [0, 0.05) is 30.4 Å².